The van der Waals surface area contributed by atoms with Gasteiger partial charge in [-0.3, -0.25) is 4.72 Å². The van der Waals surface area contributed by atoms with Crippen molar-refractivity contribution < 1.29 is 13.2 Å². The summed E-state index contributed by atoms with van der Waals surface area (Å²) in [5.41, 5.74) is 0.546. The Hall–Kier alpha value is -0.880. The molecule has 1 aromatic carbocycles. The average molecular weight is 247 g/mol. The highest BCUT2D eigenvalue weighted by molar-refractivity contribution is 8.12. The zero-order chi connectivity index (χ0) is 11.3. The van der Waals surface area contributed by atoms with Crippen LogP contribution in [0.15, 0.2) is 24.3 Å². The molecule has 6 heteroatoms. The van der Waals surface area contributed by atoms with E-state index in [1.807, 2.05) is 0 Å². The molecule has 0 atom stereocenters. The van der Waals surface area contributed by atoms with Gasteiger partial charge in [0, 0.05) is 5.69 Å². The van der Waals surface area contributed by atoms with Gasteiger partial charge in [0.1, 0.15) is 10.8 Å². The number of nitrogens with one attached hydrogen (secondary N) is 1. The van der Waals surface area contributed by atoms with Crippen molar-refractivity contribution in [1.29, 1.82) is 0 Å². The van der Waals surface area contributed by atoms with Gasteiger partial charge >= 0.3 is 0 Å². The first kappa shape index (κ1) is 12.2. The van der Waals surface area contributed by atoms with E-state index in [0.717, 1.165) is 0 Å². The summed E-state index contributed by atoms with van der Waals surface area (Å²) >= 11 is 1.26. The second kappa shape index (κ2) is 5.27. The van der Waals surface area contributed by atoms with Crippen molar-refractivity contribution in [3.05, 3.63) is 24.3 Å². The predicted octanol–water partition coefficient (Wildman–Crippen LogP) is 1.76. The Bertz CT molecular complexity index is 400. The molecule has 0 aliphatic rings. The van der Waals surface area contributed by atoms with Crippen LogP contribution in [0.25, 0.3) is 0 Å². The zero-order valence-electron chi connectivity index (χ0n) is 8.56. The topological polar surface area (TPSA) is 55.4 Å². The number of anilines is 1. The van der Waals surface area contributed by atoms with Crippen LogP contribution in [-0.4, -0.2) is 26.9 Å². The average Bonchev–Trinajstić information content (AvgIpc) is 2.18. The molecular weight excluding hydrogens is 234 g/mol. The molecule has 0 saturated heterocycles. The first-order chi connectivity index (χ1) is 7.07. The first-order valence-corrected chi connectivity index (χ1v) is 7.25. The van der Waals surface area contributed by atoms with Crippen LogP contribution in [0.2, 0.25) is 0 Å². The number of hydrogen-bond donors (Lipinski definition) is 1. The first-order valence-electron chi connectivity index (χ1n) is 4.21. The van der Waals surface area contributed by atoms with Crippen molar-refractivity contribution in [2.45, 2.75) is 0 Å². The second-order valence-electron chi connectivity index (χ2n) is 2.85. The van der Waals surface area contributed by atoms with Crippen LogP contribution in [0.1, 0.15) is 0 Å². The van der Waals surface area contributed by atoms with Crippen LogP contribution in [0.5, 0.6) is 5.75 Å². The molecule has 0 radical (unpaired) electrons. The molecule has 0 unspecified atom stereocenters. The van der Waals surface area contributed by atoms with Crippen molar-refractivity contribution >= 4 is 27.5 Å². The van der Waals surface area contributed by atoms with Crippen molar-refractivity contribution in [3.63, 3.8) is 0 Å². The highest BCUT2D eigenvalue weighted by Crippen LogP contribution is 2.16. The van der Waals surface area contributed by atoms with E-state index in [9.17, 15) is 8.42 Å². The molecule has 4 nitrogen and oxygen atoms in total. The van der Waals surface area contributed by atoms with Gasteiger partial charge in [0.2, 0.25) is 10.0 Å². The van der Waals surface area contributed by atoms with Crippen LogP contribution in [0, 0.1) is 0 Å². The van der Waals surface area contributed by atoms with Crippen LogP contribution >= 0.6 is 11.8 Å². The van der Waals surface area contributed by atoms with Crippen LogP contribution in [0.3, 0.4) is 0 Å². The quantitative estimate of drug-likeness (QED) is 0.861. The molecule has 1 N–H and O–H groups in total. The van der Waals surface area contributed by atoms with E-state index < -0.39 is 10.0 Å². The summed E-state index contributed by atoms with van der Waals surface area (Å²) in [6.07, 6.45) is 1.74. The van der Waals surface area contributed by atoms with Gasteiger partial charge in [-0.2, -0.15) is 0 Å². The third-order valence-electron chi connectivity index (χ3n) is 1.64. The lowest BCUT2D eigenvalue weighted by Gasteiger charge is -2.07. The second-order valence-corrected chi connectivity index (χ2v) is 5.81. The van der Waals surface area contributed by atoms with Crippen LogP contribution < -0.4 is 9.46 Å². The maximum atomic E-state index is 11.4. The summed E-state index contributed by atoms with van der Waals surface area (Å²) < 4.78 is 30.2. The van der Waals surface area contributed by atoms with Gasteiger partial charge in [0.25, 0.3) is 0 Å². The summed E-state index contributed by atoms with van der Waals surface area (Å²) in [6, 6.07) is 6.74. The number of benzene rings is 1. The van der Waals surface area contributed by atoms with E-state index in [2.05, 4.69) is 4.72 Å². The van der Waals surface area contributed by atoms with Gasteiger partial charge in [-0.15, -0.1) is 11.8 Å². The largest absolute Gasteiger partial charge is 0.497 e. The summed E-state index contributed by atoms with van der Waals surface area (Å²) in [7, 11) is -1.67. The van der Waals surface area contributed by atoms with Crippen LogP contribution in [0.4, 0.5) is 5.69 Å². The molecule has 0 heterocycles. The number of ether oxygens (including phenoxy) is 1. The lowest BCUT2D eigenvalue weighted by atomic mass is 10.3. The Labute approximate surface area is 94.1 Å². The standard InChI is InChI=1S/C9H13NO3S2/c1-13-9-5-3-8(4-6-9)10-15(11,12)7-14-2/h3-6,10H,7H2,1-2H3. The maximum Gasteiger partial charge on any atom is 0.242 e. The summed E-state index contributed by atoms with van der Waals surface area (Å²) in [5.74, 6) is 0.697. The Morgan fingerprint density at radius 3 is 2.40 bits per heavy atom. The van der Waals surface area contributed by atoms with Gasteiger partial charge in [0.05, 0.1) is 7.11 Å². The number of hydrogen-bond acceptors (Lipinski definition) is 4. The van der Waals surface area contributed by atoms with Crippen LogP contribution in [-0.2, 0) is 10.0 Å². The van der Waals surface area contributed by atoms with E-state index in [4.69, 9.17) is 4.74 Å². The number of thioether (sulfide) groups is 1. The van der Waals surface area contributed by atoms with E-state index in [1.165, 1.54) is 11.8 Å². The minimum Gasteiger partial charge on any atom is -0.497 e. The molecular formula is C9H13NO3S2. The normalized spacial score (nSPS) is 11.1. The minimum absolute atomic E-state index is 0.0546. The third-order valence-corrected chi connectivity index (χ3v) is 4.37. The maximum absolute atomic E-state index is 11.4. The molecule has 0 bridgehead atoms. The molecule has 84 valence electrons. The Morgan fingerprint density at radius 2 is 1.93 bits per heavy atom. The zero-order valence-corrected chi connectivity index (χ0v) is 10.2. The fourth-order valence-corrected chi connectivity index (χ4v) is 3.00. The number of rotatable bonds is 5. The lowest BCUT2D eigenvalue weighted by molar-refractivity contribution is 0.415. The Kier molecular flexibility index (Phi) is 4.28. The summed E-state index contributed by atoms with van der Waals surface area (Å²) in [6.45, 7) is 0. The van der Waals surface area contributed by atoms with Crippen molar-refractivity contribution in [3.8, 4) is 5.75 Å². The molecule has 15 heavy (non-hydrogen) atoms. The SMILES string of the molecule is COc1ccc(NS(=O)(=O)CSC)cc1. The van der Waals surface area contributed by atoms with Gasteiger partial charge in [0.15, 0.2) is 0 Å². The van der Waals surface area contributed by atoms with Gasteiger partial charge < -0.3 is 4.74 Å². The summed E-state index contributed by atoms with van der Waals surface area (Å²) in [5, 5.41) is 0.0546. The fourth-order valence-electron chi connectivity index (χ4n) is 1.02. The van der Waals surface area contributed by atoms with Crippen molar-refractivity contribution in [2.75, 3.05) is 23.2 Å². The van der Waals surface area contributed by atoms with Crippen molar-refractivity contribution in [2.24, 2.45) is 0 Å². The number of sulfonamides is 1. The van der Waals surface area contributed by atoms with Crippen molar-refractivity contribution in [1.82, 2.24) is 0 Å². The van der Waals surface area contributed by atoms with E-state index >= 15 is 0 Å². The highest BCUT2D eigenvalue weighted by Gasteiger charge is 2.08. The highest BCUT2D eigenvalue weighted by atomic mass is 32.3. The predicted molar refractivity (Wildman–Crippen MR) is 63.9 cm³/mol. The van der Waals surface area contributed by atoms with Gasteiger partial charge in [-0.05, 0) is 30.5 Å². The van der Waals surface area contributed by atoms with E-state index in [0.29, 0.717) is 11.4 Å². The molecule has 0 amide bonds. The smallest absolute Gasteiger partial charge is 0.242 e. The van der Waals surface area contributed by atoms with E-state index in [-0.39, 0.29) is 5.08 Å². The molecule has 0 fully saturated rings. The molecule has 0 spiro atoms. The molecule has 0 aliphatic heterocycles. The lowest BCUT2D eigenvalue weighted by Crippen LogP contribution is -2.14. The molecule has 0 aromatic heterocycles. The third kappa shape index (κ3) is 4.01. The fraction of sp³-hybridized carbons (Fsp3) is 0.333. The molecule has 0 aliphatic carbocycles. The molecule has 1 aromatic rings. The Morgan fingerprint density at radius 1 is 1.33 bits per heavy atom. The van der Waals surface area contributed by atoms with Gasteiger partial charge in [-0.1, -0.05) is 0 Å². The van der Waals surface area contributed by atoms with E-state index in [1.54, 1.807) is 37.6 Å². The molecule has 1 rings (SSSR count). The molecule has 0 saturated carbocycles. The summed E-state index contributed by atoms with van der Waals surface area (Å²) in [4.78, 5) is 0. The monoisotopic (exact) mass is 247 g/mol. The van der Waals surface area contributed by atoms with Gasteiger partial charge in [-0.25, -0.2) is 8.42 Å². The Balaban J connectivity index is 2.73. The number of methoxy groups -OCH3 is 1. The minimum atomic E-state index is -3.23.